The van der Waals surface area contributed by atoms with Crippen LogP contribution < -0.4 is 4.90 Å². The Morgan fingerprint density at radius 3 is 2.65 bits per heavy atom. The zero-order valence-corrected chi connectivity index (χ0v) is 11.7. The summed E-state index contributed by atoms with van der Waals surface area (Å²) in [5.74, 6) is 0.381. The van der Waals surface area contributed by atoms with E-state index in [1.165, 1.54) is 6.07 Å². The molecule has 6 nitrogen and oxygen atoms in total. The Morgan fingerprint density at radius 2 is 2.15 bits per heavy atom. The SMILES string of the molecule is C[C@@H](O)c1ccc(N(C)CC2CC(O)C2)c([N+](=O)[O-])c1. The molecular formula is C14H20N2O4. The third-order valence-electron chi connectivity index (χ3n) is 3.83. The van der Waals surface area contributed by atoms with Crippen molar-refractivity contribution in [1.82, 2.24) is 0 Å². The lowest BCUT2D eigenvalue weighted by atomic mass is 9.82. The Morgan fingerprint density at radius 1 is 1.50 bits per heavy atom. The summed E-state index contributed by atoms with van der Waals surface area (Å²) in [6.45, 7) is 2.27. The van der Waals surface area contributed by atoms with Gasteiger partial charge in [-0.15, -0.1) is 0 Å². The summed E-state index contributed by atoms with van der Waals surface area (Å²) in [6.07, 6.45) is 0.559. The lowest BCUT2D eigenvalue weighted by molar-refractivity contribution is -0.384. The second-order valence-electron chi connectivity index (χ2n) is 5.55. The first-order valence-corrected chi connectivity index (χ1v) is 6.74. The maximum absolute atomic E-state index is 11.2. The molecule has 1 aliphatic rings. The molecule has 6 heteroatoms. The predicted octanol–water partition coefficient (Wildman–Crippen LogP) is 1.86. The summed E-state index contributed by atoms with van der Waals surface area (Å²) in [5.41, 5.74) is 1.08. The second-order valence-corrected chi connectivity index (χ2v) is 5.55. The van der Waals surface area contributed by atoms with Crippen molar-refractivity contribution in [2.24, 2.45) is 5.92 Å². The number of nitrogens with zero attached hydrogens (tertiary/aromatic N) is 2. The smallest absolute Gasteiger partial charge is 0.292 e. The Labute approximate surface area is 117 Å². The zero-order valence-electron chi connectivity index (χ0n) is 11.7. The van der Waals surface area contributed by atoms with Crippen molar-refractivity contribution in [2.75, 3.05) is 18.5 Å². The highest BCUT2D eigenvalue weighted by Gasteiger charge is 2.29. The van der Waals surface area contributed by atoms with Crippen molar-refractivity contribution >= 4 is 11.4 Å². The van der Waals surface area contributed by atoms with E-state index in [9.17, 15) is 20.3 Å². The molecule has 0 radical (unpaired) electrons. The van der Waals surface area contributed by atoms with Gasteiger partial charge in [-0.3, -0.25) is 10.1 Å². The molecule has 0 amide bonds. The average Bonchev–Trinajstić information content (AvgIpc) is 2.35. The van der Waals surface area contributed by atoms with Gasteiger partial charge in [0, 0.05) is 19.7 Å². The van der Waals surface area contributed by atoms with Crippen LogP contribution in [-0.2, 0) is 0 Å². The molecule has 1 aliphatic carbocycles. The molecule has 20 heavy (non-hydrogen) atoms. The first-order chi connectivity index (χ1) is 9.38. The topological polar surface area (TPSA) is 86.8 Å². The van der Waals surface area contributed by atoms with E-state index in [0.717, 1.165) is 12.8 Å². The minimum Gasteiger partial charge on any atom is -0.393 e. The number of hydrogen-bond acceptors (Lipinski definition) is 5. The highest BCUT2D eigenvalue weighted by atomic mass is 16.6. The molecule has 0 saturated heterocycles. The molecule has 110 valence electrons. The number of aliphatic hydroxyl groups is 2. The molecule has 1 fully saturated rings. The van der Waals surface area contributed by atoms with Crippen LogP contribution in [-0.4, -0.2) is 34.8 Å². The van der Waals surface area contributed by atoms with Crippen LogP contribution >= 0.6 is 0 Å². The minimum atomic E-state index is -0.727. The normalized spacial score (nSPS) is 23.0. The maximum Gasteiger partial charge on any atom is 0.292 e. The number of nitro benzene ring substituents is 1. The summed E-state index contributed by atoms with van der Waals surface area (Å²) in [5, 5.41) is 30.0. The van der Waals surface area contributed by atoms with Crippen LogP contribution in [0.4, 0.5) is 11.4 Å². The number of benzene rings is 1. The van der Waals surface area contributed by atoms with E-state index >= 15 is 0 Å². The number of anilines is 1. The minimum absolute atomic E-state index is 0.00534. The van der Waals surface area contributed by atoms with E-state index in [1.54, 1.807) is 19.1 Å². The van der Waals surface area contributed by atoms with E-state index < -0.39 is 11.0 Å². The Bertz CT molecular complexity index is 498. The van der Waals surface area contributed by atoms with Gasteiger partial charge in [0.1, 0.15) is 5.69 Å². The van der Waals surface area contributed by atoms with Gasteiger partial charge >= 0.3 is 0 Å². The van der Waals surface area contributed by atoms with Crippen molar-refractivity contribution in [3.8, 4) is 0 Å². The Balaban J connectivity index is 2.19. The van der Waals surface area contributed by atoms with Crippen molar-refractivity contribution in [3.05, 3.63) is 33.9 Å². The molecular weight excluding hydrogens is 260 g/mol. The molecule has 1 aromatic rings. The summed E-state index contributed by atoms with van der Waals surface area (Å²) in [6, 6.07) is 4.81. The van der Waals surface area contributed by atoms with Gasteiger partial charge in [-0.25, -0.2) is 0 Å². The number of aliphatic hydroxyl groups excluding tert-OH is 2. The van der Waals surface area contributed by atoms with Crippen LogP contribution in [0.2, 0.25) is 0 Å². The average molecular weight is 280 g/mol. The molecule has 2 N–H and O–H groups in total. The number of rotatable bonds is 5. The van der Waals surface area contributed by atoms with E-state index in [0.29, 0.717) is 23.7 Å². The molecule has 0 heterocycles. The Hall–Kier alpha value is -1.66. The van der Waals surface area contributed by atoms with Gasteiger partial charge in [0.25, 0.3) is 5.69 Å². The van der Waals surface area contributed by atoms with Crippen LogP contribution in [0.1, 0.15) is 31.4 Å². The van der Waals surface area contributed by atoms with Crippen molar-refractivity contribution in [2.45, 2.75) is 32.0 Å². The van der Waals surface area contributed by atoms with Gasteiger partial charge in [0.05, 0.1) is 17.1 Å². The molecule has 0 aromatic heterocycles. The van der Waals surface area contributed by atoms with Crippen LogP contribution in [0, 0.1) is 16.0 Å². The van der Waals surface area contributed by atoms with Crippen LogP contribution in [0.5, 0.6) is 0 Å². The van der Waals surface area contributed by atoms with Gasteiger partial charge in [-0.1, -0.05) is 6.07 Å². The lowest BCUT2D eigenvalue weighted by Crippen LogP contribution is -2.37. The summed E-state index contributed by atoms with van der Waals surface area (Å²) in [7, 11) is 1.81. The summed E-state index contributed by atoms with van der Waals surface area (Å²) >= 11 is 0. The number of hydrogen-bond donors (Lipinski definition) is 2. The van der Waals surface area contributed by atoms with Crippen molar-refractivity contribution < 1.29 is 15.1 Å². The molecule has 1 aromatic carbocycles. The fourth-order valence-corrected chi connectivity index (χ4v) is 2.60. The quantitative estimate of drug-likeness (QED) is 0.635. The fraction of sp³-hybridized carbons (Fsp3) is 0.571. The van der Waals surface area contributed by atoms with Crippen molar-refractivity contribution in [3.63, 3.8) is 0 Å². The van der Waals surface area contributed by atoms with E-state index in [1.807, 2.05) is 11.9 Å². The molecule has 0 bridgehead atoms. The second kappa shape index (κ2) is 5.76. The highest BCUT2D eigenvalue weighted by Crippen LogP contribution is 2.34. The highest BCUT2D eigenvalue weighted by molar-refractivity contribution is 5.64. The molecule has 0 unspecified atom stereocenters. The van der Waals surface area contributed by atoms with E-state index in [2.05, 4.69) is 0 Å². The van der Waals surface area contributed by atoms with Crippen LogP contribution in [0.25, 0.3) is 0 Å². The summed E-state index contributed by atoms with van der Waals surface area (Å²) in [4.78, 5) is 12.6. The van der Waals surface area contributed by atoms with Gasteiger partial charge in [0.15, 0.2) is 0 Å². The van der Waals surface area contributed by atoms with Gasteiger partial charge in [-0.2, -0.15) is 0 Å². The maximum atomic E-state index is 11.2. The van der Waals surface area contributed by atoms with Crippen LogP contribution in [0.3, 0.4) is 0 Å². The molecule has 2 rings (SSSR count). The van der Waals surface area contributed by atoms with E-state index in [4.69, 9.17) is 0 Å². The molecule has 0 spiro atoms. The predicted molar refractivity (Wildman–Crippen MR) is 75.7 cm³/mol. The summed E-state index contributed by atoms with van der Waals surface area (Å²) < 4.78 is 0. The standard InChI is InChI=1S/C14H20N2O4/c1-9(17)11-3-4-13(14(7-11)16(19)20)15(2)8-10-5-12(18)6-10/h3-4,7,9-10,12,17-18H,5-6,8H2,1-2H3/t9-,10?,12?/m1/s1. The van der Waals surface area contributed by atoms with Crippen molar-refractivity contribution in [1.29, 1.82) is 0 Å². The van der Waals surface area contributed by atoms with Gasteiger partial charge in [-0.05, 0) is 37.3 Å². The van der Waals surface area contributed by atoms with Gasteiger partial charge < -0.3 is 15.1 Å². The van der Waals surface area contributed by atoms with Gasteiger partial charge in [0.2, 0.25) is 0 Å². The zero-order chi connectivity index (χ0) is 14.9. The lowest BCUT2D eigenvalue weighted by Gasteiger charge is -2.35. The van der Waals surface area contributed by atoms with E-state index in [-0.39, 0.29) is 11.8 Å². The molecule has 0 aliphatic heterocycles. The third kappa shape index (κ3) is 3.08. The monoisotopic (exact) mass is 280 g/mol. The third-order valence-corrected chi connectivity index (χ3v) is 3.83. The van der Waals surface area contributed by atoms with Crippen LogP contribution in [0.15, 0.2) is 18.2 Å². The first kappa shape index (κ1) is 14.7. The fourth-order valence-electron chi connectivity index (χ4n) is 2.60. The number of nitro groups is 1. The largest absolute Gasteiger partial charge is 0.393 e. The first-order valence-electron chi connectivity index (χ1n) is 6.74. The Kier molecular flexibility index (Phi) is 4.25. The molecule has 1 atom stereocenters. The molecule has 1 saturated carbocycles.